The van der Waals surface area contributed by atoms with E-state index in [0.717, 1.165) is 70.6 Å². The number of carbonyl (C=O) groups is 2. The number of aliphatic hydroxyl groups excluding tert-OH is 5. The molecular formula is C74H137NO10. The monoisotopic (exact) mass is 1200 g/mol. The van der Waals surface area contributed by atoms with Crippen LogP contribution in [0.1, 0.15) is 348 Å². The van der Waals surface area contributed by atoms with E-state index in [1.807, 2.05) is 6.08 Å². The number of hydrogen-bond acceptors (Lipinski definition) is 10. The smallest absolute Gasteiger partial charge is 0.306 e. The number of amides is 1. The van der Waals surface area contributed by atoms with Crippen LogP contribution in [0.15, 0.2) is 48.6 Å². The van der Waals surface area contributed by atoms with E-state index in [1.54, 1.807) is 6.08 Å². The molecule has 1 rings (SSSR count). The van der Waals surface area contributed by atoms with Gasteiger partial charge in [-0.15, -0.1) is 0 Å². The van der Waals surface area contributed by atoms with E-state index in [1.165, 1.54) is 231 Å². The minimum atomic E-state index is -1.61. The molecular weight excluding hydrogens is 1060 g/mol. The number of unbranched alkanes of at least 4 members (excludes halogenated alkanes) is 43. The van der Waals surface area contributed by atoms with E-state index < -0.39 is 67.4 Å². The van der Waals surface area contributed by atoms with Gasteiger partial charge in [0, 0.05) is 6.42 Å². The molecule has 1 aliphatic heterocycles. The van der Waals surface area contributed by atoms with Crippen molar-refractivity contribution >= 4 is 11.9 Å². The lowest BCUT2D eigenvalue weighted by molar-refractivity contribution is -0.305. The third kappa shape index (κ3) is 49.1. The maximum absolute atomic E-state index is 13.5. The van der Waals surface area contributed by atoms with E-state index in [-0.39, 0.29) is 19.4 Å². The van der Waals surface area contributed by atoms with E-state index in [0.29, 0.717) is 12.8 Å². The summed E-state index contributed by atoms with van der Waals surface area (Å²) in [6, 6.07) is -1.02. The third-order valence-corrected chi connectivity index (χ3v) is 17.2. The molecule has 0 aromatic heterocycles. The molecule has 0 bridgehead atoms. The van der Waals surface area contributed by atoms with Crippen molar-refractivity contribution in [3.8, 4) is 0 Å². The molecule has 1 amide bonds. The van der Waals surface area contributed by atoms with Crippen molar-refractivity contribution in [3.05, 3.63) is 48.6 Å². The van der Waals surface area contributed by atoms with Crippen LogP contribution < -0.4 is 5.32 Å². The topological polar surface area (TPSA) is 175 Å². The summed E-state index contributed by atoms with van der Waals surface area (Å²) >= 11 is 0. The zero-order valence-corrected chi connectivity index (χ0v) is 55.5. The summed E-state index contributed by atoms with van der Waals surface area (Å²) < 4.78 is 17.7. The molecule has 1 fully saturated rings. The molecule has 0 spiro atoms. The summed E-state index contributed by atoms with van der Waals surface area (Å²) in [7, 11) is 0. The molecule has 11 heteroatoms. The van der Waals surface area contributed by atoms with Crippen LogP contribution >= 0.6 is 0 Å². The summed E-state index contributed by atoms with van der Waals surface area (Å²) in [4.78, 5) is 26.7. The van der Waals surface area contributed by atoms with Gasteiger partial charge in [-0.25, -0.2) is 0 Å². The Hall–Kier alpha value is -2.38. The molecule has 8 unspecified atom stereocenters. The average Bonchev–Trinajstić information content (AvgIpc) is 3.12. The van der Waals surface area contributed by atoms with Crippen molar-refractivity contribution in [2.45, 2.75) is 397 Å². The highest BCUT2D eigenvalue weighted by molar-refractivity contribution is 5.80. The predicted octanol–water partition coefficient (Wildman–Crippen LogP) is 18.7. The molecule has 6 N–H and O–H groups in total. The van der Waals surface area contributed by atoms with Crippen molar-refractivity contribution in [3.63, 3.8) is 0 Å². The number of esters is 1. The summed E-state index contributed by atoms with van der Waals surface area (Å²) in [5.74, 6) is -1.18. The van der Waals surface area contributed by atoms with Gasteiger partial charge in [-0.3, -0.25) is 9.59 Å². The molecule has 0 aromatic carbocycles. The molecule has 498 valence electrons. The summed E-state index contributed by atoms with van der Waals surface area (Å²) in [6.45, 7) is 5.81. The zero-order valence-electron chi connectivity index (χ0n) is 55.5. The highest BCUT2D eigenvalue weighted by atomic mass is 16.7. The second-order valence-corrected chi connectivity index (χ2v) is 25.3. The van der Waals surface area contributed by atoms with Crippen LogP contribution in [0.2, 0.25) is 0 Å². The lowest BCUT2D eigenvalue weighted by Crippen LogP contribution is -2.61. The first-order chi connectivity index (χ1) is 41.7. The fourth-order valence-corrected chi connectivity index (χ4v) is 11.4. The van der Waals surface area contributed by atoms with E-state index in [9.17, 15) is 35.1 Å². The van der Waals surface area contributed by atoms with Gasteiger partial charge in [0.1, 0.15) is 24.4 Å². The first kappa shape index (κ1) is 80.6. The Balaban J connectivity index is 2.58. The summed E-state index contributed by atoms with van der Waals surface area (Å²) in [5, 5.41) is 57.3. The van der Waals surface area contributed by atoms with Crippen molar-refractivity contribution in [2.24, 2.45) is 0 Å². The average molecular weight is 1200 g/mol. The molecule has 8 atom stereocenters. The highest BCUT2D eigenvalue weighted by Crippen LogP contribution is 2.26. The van der Waals surface area contributed by atoms with Crippen LogP contribution in [0.5, 0.6) is 0 Å². The van der Waals surface area contributed by atoms with Gasteiger partial charge in [-0.2, -0.15) is 0 Å². The largest absolute Gasteiger partial charge is 0.454 e. The van der Waals surface area contributed by atoms with Crippen LogP contribution in [0.3, 0.4) is 0 Å². The molecule has 1 aliphatic rings. The molecule has 0 aliphatic carbocycles. The SMILES string of the molecule is CCCCC/C=C\C/C=C\CCCCCCCCCCCCC(O)C(=O)NC(COC1OC(CO)C(O)C(O)C1OC(=O)CCCCCCCCCCCCCCC/C=C/CCCCCCCC)C(O)/C=C/CCCCCCCCCCCCC. The molecule has 0 saturated carbocycles. The fourth-order valence-electron chi connectivity index (χ4n) is 11.4. The van der Waals surface area contributed by atoms with Gasteiger partial charge < -0.3 is 45.1 Å². The van der Waals surface area contributed by atoms with Crippen molar-refractivity contribution in [1.29, 1.82) is 0 Å². The lowest BCUT2D eigenvalue weighted by Gasteiger charge is -2.41. The van der Waals surface area contributed by atoms with Gasteiger partial charge in [-0.1, -0.05) is 307 Å². The Kier molecular flexibility index (Phi) is 58.7. The number of carbonyl (C=O) groups excluding carboxylic acids is 2. The number of ether oxygens (including phenoxy) is 3. The van der Waals surface area contributed by atoms with Crippen molar-refractivity contribution < 1.29 is 49.3 Å². The second kappa shape index (κ2) is 61.8. The Bertz CT molecular complexity index is 1570. The Morgan fingerprint density at radius 2 is 0.812 bits per heavy atom. The van der Waals surface area contributed by atoms with Crippen LogP contribution in [-0.2, 0) is 23.8 Å². The normalized spacial score (nSPS) is 18.6. The second-order valence-electron chi connectivity index (χ2n) is 25.3. The van der Waals surface area contributed by atoms with Gasteiger partial charge in [-0.05, 0) is 83.5 Å². The molecule has 85 heavy (non-hydrogen) atoms. The van der Waals surface area contributed by atoms with Gasteiger partial charge in [0.15, 0.2) is 12.4 Å². The Morgan fingerprint density at radius 3 is 1.24 bits per heavy atom. The first-order valence-electron chi connectivity index (χ1n) is 36.4. The minimum absolute atomic E-state index is 0.126. The lowest BCUT2D eigenvalue weighted by atomic mass is 9.99. The molecule has 1 saturated heterocycles. The van der Waals surface area contributed by atoms with Crippen LogP contribution in [-0.4, -0.2) is 99.6 Å². The van der Waals surface area contributed by atoms with Gasteiger partial charge in [0.25, 0.3) is 0 Å². The summed E-state index contributed by atoms with van der Waals surface area (Å²) in [5.41, 5.74) is 0. The van der Waals surface area contributed by atoms with Gasteiger partial charge in [0.2, 0.25) is 5.91 Å². The number of hydrogen-bond donors (Lipinski definition) is 6. The number of aliphatic hydroxyl groups is 5. The maximum Gasteiger partial charge on any atom is 0.306 e. The Morgan fingerprint density at radius 1 is 0.459 bits per heavy atom. The molecule has 1 heterocycles. The van der Waals surface area contributed by atoms with E-state index >= 15 is 0 Å². The Labute approximate surface area is 523 Å². The van der Waals surface area contributed by atoms with E-state index in [4.69, 9.17) is 14.2 Å². The molecule has 0 radical (unpaired) electrons. The predicted molar refractivity (Wildman–Crippen MR) is 357 cm³/mol. The molecule has 11 nitrogen and oxygen atoms in total. The van der Waals surface area contributed by atoms with E-state index in [2.05, 4.69) is 62.5 Å². The quantitative estimate of drug-likeness (QED) is 0.0195. The van der Waals surface area contributed by atoms with Crippen LogP contribution in [0.25, 0.3) is 0 Å². The molecule has 0 aromatic rings. The van der Waals surface area contributed by atoms with Gasteiger partial charge in [0.05, 0.1) is 25.4 Å². The van der Waals surface area contributed by atoms with Crippen LogP contribution in [0, 0.1) is 0 Å². The number of allylic oxidation sites excluding steroid dienone is 7. The minimum Gasteiger partial charge on any atom is -0.454 e. The fraction of sp³-hybridized carbons (Fsp3) is 0.865. The maximum atomic E-state index is 13.5. The van der Waals surface area contributed by atoms with Crippen molar-refractivity contribution in [2.75, 3.05) is 13.2 Å². The summed E-state index contributed by atoms with van der Waals surface area (Å²) in [6.07, 6.45) is 67.2. The van der Waals surface area contributed by atoms with Crippen LogP contribution in [0.4, 0.5) is 0 Å². The highest BCUT2D eigenvalue weighted by Gasteiger charge is 2.47. The zero-order chi connectivity index (χ0) is 61.7. The van der Waals surface area contributed by atoms with Gasteiger partial charge >= 0.3 is 5.97 Å². The van der Waals surface area contributed by atoms with Crippen molar-refractivity contribution in [1.82, 2.24) is 5.32 Å². The number of rotatable bonds is 63. The first-order valence-corrected chi connectivity index (χ1v) is 36.4. The standard InChI is InChI=1S/C74H137NO10/c1-4-7-10-13-16-19-22-25-27-29-31-33-34-35-37-39-41-44-47-50-53-56-59-62-69(79)85-72-71(81)70(80)68(63-76)84-74(72)83-64-65(66(77)60-57-54-51-48-45-42-24-21-18-15-12-9-6-3)75-73(82)67(78)61-58-55-52-49-46-43-40-38-36-32-30-28-26-23-20-17-14-11-8-5-2/h17,20,25-28,57,60,65-68,70-72,74,76-78,80-81H,4-16,18-19,21-24,29-56,58-59,61-64H2,1-3H3,(H,75,82)/b20-17-,27-25+,28-26-,60-57+. The number of nitrogens with one attached hydrogen (secondary N) is 1. The third-order valence-electron chi connectivity index (χ3n) is 17.2.